The van der Waals surface area contributed by atoms with Crippen LogP contribution in [0.25, 0.3) is 0 Å². The monoisotopic (exact) mass is 253 g/mol. The fourth-order valence-electron chi connectivity index (χ4n) is 0.868. The number of halogens is 3. The molecular weight excluding hydrogens is 247 g/mol. The van der Waals surface area contributed by atoms with Crippen LogP contribution in [0.3, 0.4) is 0 Å². The lowest BCUT2D eigenvalue weighted by Crippen LogP contribution is -2.29. The van der Waals surface area contributed by atoms with Crippen molar-refractivity contribution in [3.63, 3.8) is 0 Å². The summed E-state index contributed by atoms with van der Waals surface area (Å²) in [6.07, 6.45) is -4.97. The number of rotatable bonds is 2. The quantitative estimate of drug-likeness (QED) is 0.777. The maximum Gasteiger partial charge on any atom is 0.471 e. The molecule has 1 aromatic carbocycles. The maximum absolute atomic E-state index is 11.8. The van der Waals surface area contributed by atoms with Crippen LogP contribution in [-0.2, 0) is 15.5 Å². The molecule has 0 bridgehead atoms. The Morgan fingerprint density at radius 3 is 2.00 bits per heavy atom. The van der Waals surface area contributed by atoms with E-state index in [0.29, 0.717) is 0 Å². The van der Waals surface area contributed by atoms with Gasteiger partial charge in [-0.3, -0.25) is 4.79 Å². The third-order valence-electron chi connectivity index (χ3n) is 1.59. The van der Waals surface area contributed by atoms with E-state index < -0.39 is 22.8 Å². The van der Waals surface area contributed by atoms with Gasteiger partial charge >= 0.3 is 12.1 Å². The molecule has 8 heteroatoms. The number of hydrogen-bond acceptors (Lipinski definition) is 3. The molecule has 1 N–H and O–H groups in total. The van der Waals surface area contributed by atoms with Crippen molar-refractivity contribution in [2.45, 2.75) is 11.1 Å². The van der Waals surface area contributed by atoms with Gasteiger partial charge in [0.05, 0.1) is 4.90 Å². The minimum absolute atomic E-state index is 0.0417. The fraction of sp³-hybridized carbons (Fsp3) is 0.125. The Labute approximate surface area is 90.0 Å². The first-order chi connectivity index (χ1) is 7.30. The molecule has 0 heterocycles. The average molecular weight is 253 g/mol. The highest BCUT2D eigenvalue weighted by Gasteiger charge is 2.38. The molecule has 0 aliphatic heterocycles. The van der Waals surface area contributed by atoms with Gasteiger partial charge < -0.3 is 5.32 Å². The van der Waals surface area contributed by atoms with Crippen LogP contribution in [0.5, 0.6) is 0 Å². The molecule has 0 atom stereocenters. The molecule has 1 rings (SSSR count). The fourth-order valence-corrected chi connectivity index (χ4v) is 1.26. The summed E-state index contributed by atoms with van der Waals surface area (Å²) in [5.41, 5.74) is -0.122. The van der Waals surface area contributed by atoms with Crippen molar-refractivity contribution in [2.24, 2.45) is 0 Å². The standard InChI is InChI=1S/C8H6F3NO3S/c9-8(10,11)7(13)12-5-1-3-6(4-2-5)16(14)15/h1-4,16H,(H,12,13). The van der Waals surface area contributed by atoms with Crippen LogP contribution in [0.15, 0.2) is 29.2 Å². The number of anilines is 1. The van der Waals surface area contributed by atoms with Crippen molar-refractivity contribution < 1.29 is 26.4 Å². The zero-order valence-corrected chi connectivity index (χ0v) is 8.51. The van der Waals surface area contributed by atoms with Crippen molar-refractivity contribution in [3.05, 3.63) is 24.3 Å². The largest absolute Gasteiger partial charge is 0.471 e. The Kier molecular flexibility index (Phi) is 3.53. The highest BCUT2D eigenvalue weighted by Crippen LogP contribution is 2.18. The van der Waals surface area contributed by atoms with Gasteiger partial charge in [-0.05, 0) is 24.3 Å². The molecule has 0 radical (unpaired) electrons. The second-order valence-corrected chi connectivity index (χ2v) is 3.79. The number of carbonyl (C=O) groups is 1. The van der Waals surface area contributed by atoms with E-state index in [2.05, 4.69) is 0 Å². The highest BCUT2D eigenvalue weighted by atomic mass is 32.2. The Morgan fingerprint density at radius 1 is 1.12 bits per heavy atom. The summed E-state index contributed by atoms with van der Waals surface area (Å²) >= 11 is 0. The van der Waals surface area contributed by atoms with Crippen LogP contribution >= 0.6 is 0 Å². The van der Waals surface area contributed by atoms with E-state index in [1.807, 2.05) is 0 Å². The van der Waals surface area contributed by atoms with Crippen molar-refractivity contribution in [2.75, 3.05) is 5.32 Å². The van der Waals surface area contributed by atoms with E-state index >= 15 is 0 Å². The predicted molar refractivity (Wildman–Crippen MR) is 49.7 cm³/mol. The number of benzene rings is 1. The first kappa shape index (κ1) is 12.5. The zero-order chi connectivity index (χ0) is 12.3. The smallest absolute Gasteiger partial charge is 0.318 e. The molecule has 0 saturated heterocycles. The van der Waals surface area contributed by atoms with Crippen molar-refractivity contribution in [1.82, 2.24) is 0 Å². The van der Waals surface area contributed by atoms with Gasteiger partial charge in [0.15, 0.2) is 10.7 Å². The summed E-state index contributed by atoms with van der Waals surface area (Å²) in [7, 11) is -2.79. The molecule has 1 amide bonds. The first-order valence-corrected chi connectivity index (χ1v) is 5.11. The zero-order valence-electron chi connectivity index (χ0n) is 7.62. The summed E-state index contributed by atoms with van der Waals surface area (Å²) in [6.45, 7) is 0. The lowest BCUT2D eigenvalue weighted by molar-refractivity contribution is -0.167. The number of alkyl halides is 3. The lowest BCUT2D eigenvalue weighted by atomic mass is 10.3. The lowest BCUT2D eigenvalue weighted by Gasteiger charge is -2.07. The van der Waals surface area contributed by atoms with Crippen LogP contribution in [0.4, 0.5) is 18.9 Å². The topological polar surface area (TPSA) is 63.2 Å². The summed E-state index contributed by atoms with van der Waals surface area (Å²) < 4.78 is 56.4. The van der Waals surface area contributed by atoms with E-state index in [9.17, 15) is 26.4 Å². The normalized spacial score (nSPS) is 11.5. The Balaban J connectivity index is 2.81. The second-order valence-electron chi connectivity index (χ2n) is 2.76. The van der Waals surface area contributed by atoms with E-state index in [4.69, 9.17) is 0 Å². The maximum atomic E-state index is 11.8. The van der Waals surface area contributed by atoms with Gasteiger partial charge in [0.2, 0.25) is 0 Å². The Morgan fingerprint density at radius 2 is 1.62 bits per heavy atom. The predicted octanol–water partition coefficient (Wildman–Crippen LogP) is 1.16. The van der Waals surface area contributed by atoms with Crippen LogP contribution in [-0.4, -0.2) is 20.5 Å². The van der Waals surface area contributed by atoms with Crippen molar-refractivity contribution in [3.8, 4) is 0 Å². The van der Waals surface area contributed by atoms with E-state index in [-0.39, 0.29) is 10.6 Å². The van der Waals surface area contributed by atoms with Crippen LogP contribution < -0.4 is 5.32 Å². The van der Waals surface area contributed by atoms with Gasteiger partial charge in [-0.25, -0.2) is 8.42 Å². The van der Waals surface area contributed by atoms with E-state index in [1.165, 1.54) is 0 Å². The van der Waals surface area contributed by atoms with Gasteiger partial charge in [0.1, 0.15) is 0 Å². The minimum Gasteiger partial charge on any atom is -0.318 e. The van der Waals surface area contributed by atoms with E-state index in [0.717, 1.165) is 24.3 Å². The van der Waals surface area contributed by atoms with Crippen LogP contribution in [0, 0.1) is 0 Å². The molecule has 0 saturated carbocycles. The number of hydrogen-bond donors (Lipinski definition) is 2. The summed E-state index contributed by atoms with van der Waals surface area (Å²) in [5.74, 6) is -2.10. The summed E-state index contributed by atoms with van der Waals surface area (Å²) in [6, 6.07) is 4.34. The number of carbonyl (C=O) groups excluding carboxylic acids is 1. The van der Waals surface area contributed by atoms with Gasteiger partial charge in [-0.15, -0.1) is 0 Å². The second kappa shape index (κ2) is 4.52. The highest BCUT2D eigenvalue weighted by molar-refractivity contribution is 7.72. The molecule has 0 unspecified atom stereocenters. The Bertz CT molecular complexity index is 456. The Hall–Kier alpha value is -1.57. The molecule has 4 nitrogen and oxygen atoms in total. The molecule has 0 aliphatic rings. The third-order valence-corrected chi connectivity index (χ3v) is 2.31. The van der Waals surface area contributed by atoms with Crippen LogP contribution in [0.2, 0.25) is 0 Å². The summed E-state index contributed by atoms with van der Waals surface area (Å²) in [4.78, 5) is 10.5. The molecule has 1 aromatic rings. The van der Waals surface area contributed by atoms with Gasteiger partial charge in [-0.1, -0.05) is 0 Å². The van der Waals surface area contributed by atoms with Gasteiger partial charge in [0.25, 0.3) is 0 Å². The molecule has 0 aliphatic carbocycles. The molecule has 0 fully saturated rings. The van der Waals surface area contributed by atoms with Gasteiger partial charge in [0, 0.05) is 5.69 Å². The molecule has 0 aromatic heterocycles. The average Bonchev–Trinajstić information content (AvgIpc) is 2.17. The van der Waals surface area contributed by atoms with Crippen molar-refractivity contribution in [1.29, 1.82) is 0 Å². The molecule has 88 valence electrons. The summed E-state index contributed by atoms with van der Waals surface area (Å²) in [5, 5.41) is 1.59. The third kappa shape index (κ3) is 3.23. The number of nitrogens with one attached hydrogen (secondary N) is 1. The molecule has 0 spiro atoms. The first-order valence-electron chi connectivity index (χ1n) is 3.93. The molecular formula is C8H6F3NO3S. The number of amides is 1. The van der Waals surface area contributed by atoms with Crippen LogP contribution in [0.1, 0.15) is 0 Å². The SMILES string of the molecule is O=C(Nc1ccc([SH](=O)=O)cc1)C(F)(F)F. The van der Waals surface area contributed by atoms with E-state index in [1.54, 1.807) is 5.32 Å². The van der Waals surface area contributed by atoms with Gasteiger partial charge in [-0.2, -0.15) is 13.2 Å². The molecule has 16 heavy (non-hydrogen) atoms. The minimum atomic E-state index is -4.97. The number of thiol groups is 1. The van der Waals surface area contributed by atoms with Crippen molar-refractivity contribution >= 4 is 22.3 Å².